The Balaban J connectivity index is 1.48. The Labute approximate surface area is 224 Å². The summed E-state index contributed by atoms with van der Waals surface area (Å²) in [6.07, 6.45) is -0.205. The van der Waals surface area contributed by atoms with Gasteiger partial charge < -0.3 is 23.5 Å². The third-order valence-corrected chi connectivity index (χ3v) is 10.0. The van der Waals surface area contributed by atoms with Crippen LogP contribution in [-0.4, -0.2) is 38.2 Å². The second kappa shape index (κ2) is 12.4. The number of para-hydroxylation sites is 2. The van der Waals surface area contributed by atoms with Crippen molar-refractivity contribution in [1.82, 2.24) is 0 Å². The van der Waals surface area contributed by atoms with Crippen molar-refractivity contribution in [2.24, 2.45) is 0 Å². The van der Waals surface area contributed by atoms with Crippen LogP contribution in [0.4, 0.5) is 0 Å². The third kappa shape index (κ3) is 6.02. The van der Waals surface area contributed by atoms with E-state index >= 15 is 0 Å². The average molecular weight is 529 g/mol. The first-order valence-electron chi connectivity index (χ1n) is 12.9. The Morgan fingerprint density at radius 3 is 1.92 bits per heavy atom. The fourth-order valence-electron chi connectivity index (χ4n) is 4.93. The van der Waals surface area contributed by atoms with Gasteiger partial charge in [0.2, 0.25) is 0 Å². The second-order valence-electron chi connectivity index (χ2n) is 9.36. The number of ether oxygens (including phenoxy) is 4. The van der Waals surface area contributed by atoms with Gasteiger partial charge in [0.1, 0.15) is 19.3 Å². The molecular weight excluding hydrogens is 495 g/mol. The lowest BCUT2D eigenvalue weighted by molar-refractivity contribution is -0.150. The molecule has 4 aromatic rings. The van der Waals surface area contributed by atoms with Crippen LogP contribution in [0.5, 0.6) is 11.5 Å². The zero-order chi connectivity index (χ0) is 26.2. The SMILES string of the molecule is COc1ccccc1O[C@@H]1CCO[C@H](CP(=O)(c2ccccc2)c2ccccc2)C1OCc1ccccc1. The molecule has 1 heterocycles. The maximum Gasteiger partial charge on any atom is 0.161 e. The summed E-state index contributed by atoms with van der Waals surface area (Å²) in [5.41, 5.74) is 1.06. The lowest BCUT2D eigenvalue weighted by Crippen LogP contribution is -2.51. The predicted molar refractivity (Wildman–Crippen MR) is 151 cm³/mol. The number of methoxy groups -OCH3 is 1. The molecule has 1 aliphatic heterocycles. The van der Waals surface area contributed by atoms with Crippen LogP contribution in [0.25, 0.3) is 0 Å². The highest BCUT2D eigenvalue weighted by atomic mass is 31.2. The molecule has 38 heavy (non-hydrogen) atoms. The first kappa shape index (κ1) is 26.2. The highest BCUT2D eigenvalue weighted by Gasteiger charge is 2.42. The number of benzene rings is 4. The third-order valence-electron chi connectivity index (χ3n) is 6.88. The standard InChI is InChI=1S/C32H33O5P/c1-34-28-19-11-12-20-29(28)37-30-21-22-35-31(32(30)36-23-25-13-5-2-6-14-25)24-38(33,26-15-7-3-8-16-26)27-17-9-4-10-18-27/h2-20,30-32H,21-24H2,1H3/t30-,31-,32?/m1/s1. The summed E-state index contributed by atoms with van der Waals surface area (Å²) in [5, 5.41) is 1.62. The van der Waals surface area contributed by atoms with E-state index in [0.717, 1.165) is 16.2 Å². The Morgan fingerprint density at radius 2 is 1.32 bits per heavy atom. The molecule has 1 unspecified atom stereocenters. The Kier molecular flexibility index (Phi) is 8.60. The van der Waals surface area contributed by atoms with Crippen molar-refractivity contribution in [2.75, 3.05) is 19.9 Å². The van der Waals surface area contributed by atoms with Gasteiger partial charge in [0.25, 0.3) is 0 Å². The van der Waals surface area contributed by atoms with Crippen LogP contribution in [0, 0.1) is 0 Å². The van der Waals surface area contributed by atoms with Crippen LogP contribution in [0.1, 0.15) is 12.0 Å². The minimum Gasteiger partial charge on any atom is -0.493 e. The van der Waals surface area contributed by atoms with E-state index in [0.29, 0.717) is 37.3 Å². The monoisotopic (exact) mass is 528 g/mol. The molecule has 1 fully saturated rings. The maximum absolute atomic E-state index is 14.9. The van der Waals surface area contributed by atoms with Gasteiger partial charge in [0, 0.05) is 23.2 Å². The normalized spacial score (nSPS) is 19.6. The molecule has 0 saturated carbocycles. The molecule has 5 rings (SSSR count). The summed E-state index contributed by atoms with van der Waals surface area (Å²) in [7, 11) is -1.40. The highest BCUT2D eigenvalue weighted by molar-refractivity contribution is 7.78. The van der Waals surface area contributed by atoms with E-state index in [1.165, 1.54) is 0 Å². The summed E-state index contributed by atoms with van der Waals surface area (Å²) in [6.45, 7) is 0.886. The molecule has 5 nitrogen and oxygen atoms in total. The van der Waals surface area contributed by atoms with Crippen LogP contribution in [-0.2, 0) is 20.6 Å². The number of rotatable bonds is 10. The van der Waals surface area contributed by atoms with Crippen molar-refractivity contribution < 1.29 is 23.5 Å². The molecule has 1 aliphatic rings. The van der Waals surface area contributed by atoms with Crippen molar-refractivity contribution in [3.8, 4) is 11.5 Å². The average Bonchev–Trinajstić information content (AvgIpc) is 2.98. The minimum atomic E-state index is -3.04. The van der Waals surface area contributed by atoms with Crippen LogP contribution in [0.15, 0.2) is 115 Å². The van der Waals surface area contributed by atoms with Gasteiger partial charge in [0.15, 0.2) is 11.5 Å². The van der Waals surface area contributed by atoms with E-state index in [9.17, 15) is 4.57 Å². The molecule has 196 valence electrons. The van der Waals surface area contributed by atoms with Gasteiger partial charge in [-0.25, -0.2) is 0 Å². The molecule has 0 N–H and O–H groups in total. The van der Waals surface area contributed by atoms with Crippen molar-refractivity contribution in [1.29, 1.82) is 0 Å². The van der Waals surface area contributed by atoms with Gasteiger partial charge in [-0.1, -0.05) is 103 Å². The Morgan fingerprint density at radius 1 is 0.763 bits per heavy atom. The zero-order valence-electron chi connectivity index (χ0n) is 21.5. The smallest absolute Gasteiger partial charge is 0.161 e. The lowest BCUT2D eigenvalue weighted by Gasteiger charge is -2.39. The van der Waals surface area contributed by atoms with Crippen LogP contribution < -0.4 is 20.1 Å². The number of hydrogen-bond acceptors (Lipinski definition) is 5. The van der Waals surface area contributed by atoms with Crippen LogP contribution in [0.2, 0.25) is 0 Å². The highest BCUT2D eigenvalue weighted by Crippen LogP contribution is 2.46. The van der Waals surface area contributed by atoms with Gasteiger partial charge >= 0.3 is 0 Å². The summed E-state index contributed by atoms with van der Waals surface area (Å²) in [6, 6.07) is 37.1. The van der Waals surface area contributed by atoms with Crippen molar-refractivity contribution in [2.45, 2.75) is 31.3 Å². The summed E-state index contributed by atoms with van der Waals surface area (Å²) < 4.78 is 39.8. The van der Waals surface area contributed by atoms with E-state index in [2.05, 4.69) is 0 Å². The zero-order valence-corrected chi connectivity index (χ0v) is 22.4. The Bertz CT molecular complexity index is 1290. The number of hydrogen-bond donors (Lipinski definition) is 0. The molecule has 1 saturated heterocycles. The molecule has 3 atom stereocenters. The molecule has 0 spiro atoms. The first-order valence-corrected chi connectivity index (χ1v) is 14.8. The molecule has 0 aromatic heterocycles. The van der Waals surface area contributed by atoms with E-state index in [1.54, 1.807) is 7.11 Å². The maximum atomic E-state index is 14.9. The summed E-state index contributed by atoms with van der Waals surface area (Å²) in [4.78, 5) is 0. The topological polar surface area (TPSA) is 54.0 Å². The predicted octanol–water partition coefficient (Wildman–Crippen LogP) is 5.83. The van der Waals surface area contributed by atoms with Gasteiger partial charge in [0.05, 0.1) is 26.4 Å². The van der Waals surface area contributed by atoms with E-state index in [1.807, 2.05) is 115 Å². The Hall–Kier alpha value is -3.37. The van der Waals surface area contributed by atoms with Crippen molar-refractivity contribution in [3.63, 3.8) is 0 Å². The van der Waals surface area contributed by atoms with E-state index in [4.69, 9.17) is 18.9 Å². The minimum absolute atomic E-state index is 0.297. The van der Waals surface area contributed by atoms with Gasteiger partial charge in [-0.2, -0.15) is 0 Å². The van der Waals surface area contributed by atoms with Crippen LogP contribution >= 0.6 is 7.14 Å². The van der Waals surface area contributed by atoms with Crippen molar-refractivity contribution >= 4 is 17.8 Å². The van der Waals surface area contributed by atoms with Crippen molar-refractivity contribution in [3.05, 3.63) is 121 Å². The lowest BCUT2D eigenvalue weighted by atomic mass is 10.0. The fourth-order valence-corrected chi connectivity index (χ4v) is 7.78. The van der Waals surface area contributed by atoms with E-state index in [-0.39, 0.29) is 6.10 Å². The van der Waals surface area contributed by atoms with Gasteiger partial charge in [-0.15, -0.1) is 0 Å². The molecule has 0 amide bonds. The van der Waals surface area contributed by atoms with E-state index < -0.39 is 19.3 Å². The second-order valence-corrected chi connectivity index (χ2v) is 12.2. The largest absolute Gasteiger partial charge is 0.493 e. The molecule has 0 bridgehead atoms. The fraction of sp³-hybridized carbons (Fsp3) is 0.250. The molecule has 0 radical (unpaired) electrons. The summed E-state index contributed by atoms with van der Waals surface area (Å²) in [5.74, 6) is 1.32. The summed E-state index contributed by atoms with van der Waals surface area (Å²) >= 11 is 0. The first-order chi connectivity index (χ1) is 18.7. The van der Waals surface area contributed by atoms with Gasteiger partial charge in [-0.05, 0) is 17.7 Å². The van der Waals surface area contributed by atoms with Gasteiger partial charge in [-0.3, -0.25) is 0 Å². The quantitative estimate of drug-likeness (QED) is 0.243. The molecular formula is C32H33O5P. The molecule has 4 aromatic carbocycles. The van der Waals surface area contributed by atoms with Crippen LogP contribution in [0.3, 0.4) is 0 Å². The molecule has 6 heteroatoms. The molecule has 0 aliphatic carbocycles.